The van der Waals surface area contributed by atoms with Gasteiger partial charge < -0.3 is 10.2 Å². The molecule has 1 saturated carbocycles. The first kappa shape index (κ1) is 14.0. The van der Waals surface area contributed by atoms with Gasteiger partial charge in [-0.2, -0.15) is 0 Å². The number of carbonyl (C=O) groups excluding carboxylic acids is 2. The molecular weight excluding hydrogens is 271 g/mol. The Labute approximate surface area is 123 Å². The molecule has 1 saturated heterocycles. The van der Waals surface area contributed by atoms with Crippen LogP contribution in [0.15, 0.2) is 24.3 Å². The second-order valence-corrected chi connectivity index (χ2v) is 5.93. The monoisotopic (exact) mass is 290 g/mol. The normalized spacial score (nSPS) is 21.4. The van der Waals surface area contributed by atoms with Crippen molar-refractivity contribution < 1.29 is 14.0 Å². The van der Waals surface area contributed by atoms with Crippen molar-refractivity contribution in [1.82, 2.24) is 10.2 Å². The number of hydrogen-bond donors (Lipinski definition) is 1. The number of rotatable bonds is 4. The van der Waals surface area contributed by atoms with E-state index in [1.165, 1.54) is 12.1 Å². The van der Waals surface area contributed by atoms with Crippen LogP contribution in [0.3, 0.4) is 0 Å². The van der Waals surface area contributed by atoms with Gasteiger partial charge in [-0.25, -0.2) is 4.39 Å². The molecule has 2 fully saturated rings. The fourth-order valence-corrected chi connectivity index (χ4v) is 2.77. The van der Waals surface area contributed by atoms with Gasteiger partial charge >= 0.3 is 0 Å². The van der Waals surface area contributed by atoms with Gasteiger partial charge in [-0.1, -0.05) is 12.1 Å². The van der Waals surface area contributed by atoms with Crippen LogP contribution in [0.4, 0.5) is 4.39 Å². The van der Waals surface area contributed by atoms with E-state index < -0.39 is 5.82 Å². The smallest absolute Gasteiger partial charge is 0.256 e. The molecule has 1 unspecified atom stereocenters. The number of amides is 2. The van der Waals surface area contributed by atoms with Crippen LogP contribution in [0.2, 0.25) is 0 Å². The van der Waals surface area contributed by atoms with E-state index in [1.807, 2.05) is 0 Å². The standard InChI is InChI=1S/C16H19FN2O2/c17-14-4-2-1-3-13(14)16(21)19-8-7-11(10-19)9-15(20)18-12-5-6-12/h1-4,11-12H,5-10H2,(H,18,20). The van der Waals surface area contributed by atoms with Gasteiger partial charge in [0.25, 0.3) is 5.91 Å². The fraction of sp³-hybridized carbons (Fsp3) is 0.500. The Bertz CT molecular complexity index is 557. The number of nitrogens with zero attached hydrogens (tertiary/aromatic N) is 1. The minimum absolute atomic E-state index is 0.0719. The molecule has 0 bridgehead atoms. The van der Waals surface area contributed by atoms with Crippen molar-refractivity contribution in [3.63, 3.8) is 0 Å². The minimum atomic E-state index is -0.488. The Morgan fingerprint density at radius 2 is 2.00 bits per heavy atom. The summed E-state index contributed by atoms with van der Waals surface area (Å²) in [6.45, 7) is 1.12. The van der Waals surface area contributed by atoms with Crippen LogP contribution in [-0.2, 0) is 4.79 Å². The van der Waals surface area contributed by atoms with Gasteiger partial charge in [0.1, 0.15) is 5.82 Å². The maximum absolute atomic E-state index is 13.6. The van der Waals surface area contributed by atoms with Crippen LogP contribution in [0.1, 0.15) is 36.0 Å². The molecule has 0 spiro atoms. The number of halogens is 1. The van der Waals surface area contributed by atoms with E-state index in [0.717, 1.165) is 19.3 Å². The Balaban J connectivity index is 1.55. The lowest BCUT2D eigenvalue weighted by atomic mass is 10.0. The molecular formula is C16H19FN2O2. The molecule has 0 aromatic heterocycles. The molecule has 1 atom stereocenters. The second kappa shape index (κ2) is 5.84. The van der Waals surface area contributed by atoms with Gasteiger partial charge in [-0.15, -0.1) is 0 Å². The third kappa shape index (κ3) is 3.40. The first-order chi connectivity index (χ1) is 10.1. The highest BCUT2D eigenvalue weighted by atomic mass is 19.1. The zero-order valence-electron chi connectivity index (χ0n) is 11.8. The Kier molecular flexibility index (Phi) is 3.90. The molecule has 1 aromatic rings. The Morgan fingerprint density at radius 3 is 2.71 bits per heavy atom. The molecule has 5 heteroatoms. The van der Waals surface area contributed by atoms with Crippen LogP contribution < -0.4 is 5.32 Å². The fourth-order valence-electron chi connectivity index (χ4n) is 2.77. The summed E-state index contributed by atoms with van der Waals surface area (Å²) < 4.78 is 13.6. The molecule has 21 heavy (non-hydrogen) atoms. The summed E-state index contributed by atoms with van der Waals surface area (Å²) in [5.41, 5.74) is 0.112. The molecule has 2 aliphatic rings. The maximum Gasteiger partial charge on any atom is 0.256 e. The highest BCUT2D eigenvalue weighted by molar-refractivity contribution is 5.94. The highest BCUT2D eigenvalue weighted by Crippen LogP contribution is 2.24. The zero-order chi connectivity index (χ0) is 14.8. The van der Waals surface area contributed by atoms with Gasteiger partial charge in [0.2, 0.25) is 5.91 Å². The quantitative estimate of drug-likeness (QED) is 0.921. The van der Waals surface area contributed by atoms with Gasteiger partial charge in [0.05, 0.1) is 5.56 Å². The third-order valence-corrected chi connectivity index (χ3v) is 4.09. The summed E-state index contributed by atoms with van der Waals surface area (Å²) in [5.74, 6) is -0.516. The van der Waals surface area contributed by atoms with Crippen LogP contribution in [-0.4, -0.2) is 35.8 Å². The molecule has 1 aliphatic carbocycles. The predicted molar refractivity (Wildman–Crippen MR) is 76.2 cm³/mol. The van der Waals surface area contributed by atoms with Crippen molar-refractivity contribution in [3.05, 3.63) is 35.6 Å². The van der Waals surface area contributed by atoms with Crippen molar-refractivity contribution in [3.8, 4) is 0 Å². The van der Waals surface area contributed by atoms with Crippen molar-refractivity contribution in [2.24, 2.45) is 5.92 Å². The molecule has 0 radical (unpaired) electrons. The number of likely N-dealkylation sites (tertiary alicyclic amines) is 1. The molecule has 1 aromatic carbocycles. The summed E-state index contributed by atoms with van der Waals surface area (Å²) in [6.07, 6.45) is 3.42. The van der Waals surface area contributed by atoms with E-state index in [2.05, 4.69) is 5.32 Å². The lowest BCUT2D eigenvalue weighted by Crippen LogP contribution is -2.31. The van der Waals surface area contributed by atoms with Crippen LogP contribution >= 0.6 is 0 Å². The topological polar surface area (TPSA) is 49.4 Å². The first-order valence-corrected chi connectivity index (χ1v) is 7.46. The summed E-state index contributed by atoms with van der Waals surface area (Å²) >= 11 is 0. The molecule has 3 rings (SSSR count). The number of nitrogens with one attached hydrogen (secondary N) is 1. The Morgan fingerprint density at radius 1 is 1.24 bits per heavy atom. The zero-order valence-corrected chi connectivity index (χ0v) is 11.8. The molecule has 4 nitrogen and oxygen atoms in total. The van der Waals surface area contributed by atoms with E-state index in [4.69, 9.17) is 0 Å². The molecule has 1 heterocycles. The second-order valence-electron chi connectivity index (χ2n) is 5.93. The highest BCUT2D eigenvalue weighted by Gasteiger charge is 2.31. The van der Waals surface area contributed by atoms with Crippen molar-refractivity contribution >= 4 is 11.8 Å². The van der Waals surface area contributed by atoms with E-state index in [0.29, 0.717) is 25.6 Å². The average Bonchev–Trinajstić information content (AvgIpc) is 3.14. The number of benzene rings is 1. The van der Waals surface area contributed by atoms with Crippen molar-refractivity contribution in [2.45, 2.75) is 31.7 Å². The largest absolute Gasteiger partial charge is 0.353 e. The van der Waals surface area contributed by atoms with Crippen molar-refractivity contribution in [2.75, 3.05) is 13.1 Å². The summed E-state index contributed by atoms with van der Waals surface area (Å²) in [6, 6.07) is 6.40. The number of carbonyl (C=O) groups is 2. The first-order valence-electron chi connectivity index (χ1n) is 7.46. The van der Waals surface area contributed by atoms with Gasteiger partial charge in [-0.3, -0.25) is 9.59 Å². The molecule has 1 N–H and O–H groups in total. The summed E-state index contributed by atoms with van der Waals surface area (Å²) in [7, 11) is 0. The third-order valence-electron chi connectivity index (χ3n) is 4.09. The predicted octanol–water partition coefficient (Wildman–Crippen LogP) is 1.96. The van der Waals surface area contributed by atoms with Gasteiger partial charge in [0.15, 0.2) is 0 Å². The molecule has 2 amide bonds. The van der Waals surface area contributed by atoms with Gasteiger partial charge in [0, 0.05) is 25.6 Å². The summed E-state index contributed by atoms with van der Waals surface area (Å²) in [4.78, 5) is 25.7. The van der Waals surface area contributed by atoms with Crippen LogP contribution in [0.25, 0.3) is 0 Å². The Hall–Kier alpha value is -1.91. The number of hydrogen-bond acceptors (Lipinski definition) is 2. The molecule has 112 valence electrons. The lowest BCUT2D eigenvalue weighted by Gasteiger charge is -2.17. The van der Waals surface area contributed by atoms with E-state index >= 15 is 0 Å². The lowest BCUT2D eigenvalue weighted by molar-refractivity contribution is -0.122. The van der Waals surface area contributed by atoms with Crippen LogP contribution in [0.5, 0.6) is 0 Å². The maximum atomic E-state index is 13.6. The van der Waals surface area contributed by atoms with Crippen LogP contribution in [0, 0.1) is 11.7 Å². The van der Waals surface area contributed by atoms with Crippen molar-refractivity contribution in [1.29, 1.82) is 0 Å². The average molecular weight is 290 g/mol. The SMILES string of the molecule is O=C(CC1CCN(C(=O)c2ccccc2F)C1)NC1CC1. The van der Waals surface area contributed by atoms with E-state index in [-0.39, 0.29) is 23.3 Å². The molecule has 1 aliphatic heterocycles. The van der Waals surface area contributed by atoms with Gasteiger partial charge in [-0.05, 0) is 37.3 Å². The van der Waals surface area contributed by atoms with E-state index in [9.17, 15) is 14.0 Å². The van der Waals surface area contributed by atoms with E-state index in [1.54, 1.807) is 17.0 Å². The minimum Gasteiger partial charge on any atom is -0.353 e. The summed E-state index contributed by atoms with van der Waals surface area (Å²) in [5, 5.41) is 2.96.